The van der Waals surface area contributed by atoms with Gasteiger partial charge in [0, 0.05) is 44.1 Å². The maximum Gasteiger partial charge on any atom is 0.490 e. The van der Waals surface area contributed by atoms with Crippen LogP contribution in [0.25, 0.3) is 0 Å². The zero-order valence-electron chi connectivity index (χ0n) is 15.9. The Balaban J connectivity index is 0.000000279. The number of likely N-dealkylation sites (tertiary alicyclic amines) is 1. The van der Waals surface area contributed by atoms with Crippen LogP contribution < -0.4 is 5.32 Å². The summed E-state index contributed by atoms with van der Waals surface area (Å²) < 4.78 is 37.7. The molecule has 6 nitrogen and oxygen atoms in total. The lowest BCUT2D eigenvalue weighted by Gasteiger charge is -2.46. The summed E-state index contributed by atoms with van der Waals surface area (Å²) in [6.07, 6.45) is 3.86. The summed E-state index contributed by atoms with van der Waals surface area (Å²) in [7, 11) is 0. The van der Waals surface area contributed by atoms with Crippen LogP contribution in [0.4, 0.5) is 13.2 Å². The van der Waals surface area contributed by atoms with E-state index < -0.39 is 12.1 Å². The van der Waals surface area contributed by atoms with Crippen LogP contribution in [0.15, 0.2) is 0 Å². The van der Waals surface area contributed by atoms with Gasteiger partial charge in [0.25, 0.3) is 0 Å². The predicted molar refractivity (Wildman–Crippen MR) is 94.6 cm³/mol. The van der Waals surface area contributed by atoms with Crippen LogP contribution in [0.3, 0.4) is 0 Å². The first-order valence-electron chi connectivity index (χ1n) is 10.2. The maximum absolute atomic E-state index is 12.5. The number of carbonyl (C=O) groups excluding carboxylic acids is 1. The number of rotatable bonds is 4. The second-order valence-electron chi connectivity index (χ2n) is 8.40. The van der Waals surface area contributed by atoms with Gasteiger partial charge >= 0.3 is 12.1 Å². The van der Waals surface area contributed by atoms with Crippen LogP contribution >= 0.6 is 0 Å². The summed E-state index contributed by atoms with van der Waals surface area (Å²) >= 11 is 0. The van der Waals surface area contributed by atoms with Crippen molar-refractivity contribution < 1.29 is 32.6 Å². The molecule has 2 saturated carbocycles. The molecule has 9 heteroatoms. The Kier molecular flexibility index (Phi) is 6.85. The van der Waals surface area contributed by atoms with Crippen LogP contribution in [0.1, 0.15) is 44.9 Å². The van der Waals surface area contributed by atoms with Crippen LogP contribution in [-0.2, 0) is 14.3 Å². The highest BCUT2D eigenvalue weighted by Crippen LogP contribution is 2.36. The molecule has 0 unspecified atom stereocenters. The Morgan fingerprint density at radius 3 is 2.32 bits per heavy atom. The summed E-state index contributed by atoms with van der Waals surface area (Å²) in [5.41, 5.74) is 0. The molecular formula is C19H29F3N2O4. The summed E-state index contributed by atoms with van der Waals surface area (Å²) in [6, 6.07) is 0.480. The molecule has 2 N–H and O–H groups in total. The standard InChI is InChI=1S/C17H28N2O2.C2HF3O2/c20-17(18-13-4-5-13)14-7-9-21-16-6-8-19(11-15(14)16)10-12-2-1-3-12;3-2(4,5)1(6)7/h12-16H,1-11H2,(H,18,20);(H,6,7)/t14-,15+,16-;/m1./s1. The van der Waals surface area contributed by atoms with Crippen molar-refractivity contribution in [3.05, 3.63) is 0 Å². The molecule has 0 aromatic heterocycles. The number of aliphatic carboxylic acids is 1. The van der Waals surface area contributed by atoms with E-state index in [0.717, 1.165) is 38.5 Å². The molecule has 4 rings (SSSR count). The van der Waals surface area contributed by atoms with E-state index in [0.29, 0.717) is 24.0 Å². The molecule has 4 aliphatic rings. The van der Waals surface area contributed by atoms with E-state index in [4.69, 9.17) is 14.6 Å². The average molecular weight is 406 g/mol. The number of nitrogens with one attached hydrogen (secondary N) is 1. The van der Waals surface area contributed by atoms with E-state index in [1.165, 1.54) is 38.6 Å². The third-order valence-corrected chi connectivity index (χ3v) is 6.20. The van der Waals surface area contributed by atoms with Gasteiger partial charge in [0.1, 0.15) is 0 Å². The van der Waals surface area contributed by atoms with Gasteiger partial charge in [-0.05, 0) is 44.4 Å². The number of carboxylic acids is 1. The molecule has 2 aliphatic heterocycles. The Hall–Kier alpha value is -1.35. The number of amides is 1. The maximum atomic E-state index is 12.5. The van der Waals surface area contributed by atoms with Crippen molar-refractivity contribution in [1.82, 2.24) is 10.2 Å². The van der Waals surface area contributed by atoms with Crippen molar-refractivity contribution in [2.75, 3.05) is 26.2 Å². The van der Waals surface area contributed by atoms with Crippen LogP contribution in [-0.4, -0.2) is 66.4 Å². The van der Waals surface area contributed by atoms with Gasteiger partial charge in [-0.3, -0.25) is 4.79 Å². The summed E-state index contributed by atoms with van der Waals surface area (Å²) in [5.74, 6) is -0.918. The highest BCUT2D eigenvalue weighted by Gasteiger charge is 2.43. The third-order valence-electron chi connectivity index (χ3n) is 6.20. The molecule has 28 heavy (non-hydrogen) atoms. The fourth-order valence-electron chi connectivity index (χ4n) is 4.25. The molecule has 160 valence electrons. The Morgan fingerprint density at radius 1 is 1.11 bits per heavy atom. The van der Waals surface area contributed by atoms with Gasteiger partial charge < -0.3 is 20.1 Å². The summed E-state index contributed by atoms with van der Waals surface area (Å²) in [5, 5.41) is 10.3. The minimum atomic E-state index is -5.08. The van der Waals surface area contributed by atoms with Gasteiger partial charge in [0.05, 0.1) is 6.10 Å². The van der Waals surface area contributed by atoms with Crippen LogP contribution in [0.5, 0.6) is 0 Å². The minimum Gasteiger partial charge on any atom is -0.475 e. The molecular weight excluding hydrogens is 377 g/mol. The summed E-state index contributed by atoms with van der Waals surface area (Å²) in [4.78, 5) is 24.0. The number of alkyl halides is 3. The van der Waals surface area contributed by atoms with E-state index in [-0.39, 0.29) is 5.92 Å². The van der Waals surface area contributed by atoms with Crippen LogP contribution in [0, 0.1) is 17.8 Å². The van der Waals surface area contributed by atoms with Crippen molar-refractivity contribution in [2.45, 2.75) is 63.3 Å². The zero-order chi connectivity index (χ0) is 20.3. The van der Waals surface area contributed by atoms with Crippen LogP contribution in [0.2, 0.25) is 0 Å². The monoisotopic (exact) mass is 406 g/mol. The number of piperidine rings is 1. The normalized spacial score (nSPS) is 31.0. The topological polar surface area (TPSA) is 78.9 Å². The number of hydrogen-bond acceptors (Lipinski definition) is 4. The molecule has 0 aromatic carbocycles. The van der Waals surface area contributed by atoms with E-state index in [2.05, 4.69) is 10.2 Å². The zero-order valence-corrected chi connectivity index (χ0v) is 15.9. The predicted octanol–water partition coefficient (Wildman–Crippen LogP) is 2.43. The molecule has 1 amide bonds. The molecule has 0 spiro atoms. The lowest BCUT2D eigenvalue weighted by Crippen LogP contribution is -2.54. The minimum absolute atomic E-state index is 0.188. The second-order valence-corrected chi connectivity index (χ2v) is 8.40. The summed E-state index contributed by atoms with van der Waals surface area (Å²) in [6.45, 7) is 4.26. The third kappa shape index (κ3) is 5.83. The Labute approximate surface area is 162 Å². The SMILES string of the molecule is O=C(NC1CC1)[C@@H]1CCO[C@@H]2CCN(CC3CCC3)C[C@H]21.O=C(O)C(F)(F)F. The quantitative estimate of drug-likeness (QED) is 0.750. The van der Waals surface area contributed by atoms with Gasteiger partial charge in [-0.1, -0.05) is 6.42 Å². The second kappa shape index (κ2) is 8.98. The highest BCUT2D eigenvalue weighted by atomic mass is 19.4. The van der Waals surface area contributed by atoms with Crippen molar-refractivity contribution in [1.29, 1.82) is 0 Å². The van der Waals surface area contributed by atoms with Crippen molar-refractivity contribution in [2.24, 2.45) is 17.8 Å². The van der Waals surface area contributed by atoms with E-state index >= 15 is 0 Å². The smallest absolute Gasteiger partial charge is 0.475 e. The van der Waals surface area contributed by atoms with E-state index in [1.807, 2.05) is 0 Å². The molecule has 0 aromatic rings. The number of ether oxygens (including phenoxy) is 1. The molecule has 4 fully saturated rings. The molecule has 2 aliphatic carbocycles. The molecule has 3 atom stereocenters. The van der Waals surface area contributed by atoms with Crippen molar-refractivity contribution >= 4 is 11.9 Å². The lowest BCUT2D eigenvalue weighted by atomic mass is 9.78. The highest BCUT2D eigenvalue weighted by molar-refractivity contribution is 5.79. The average Bonchev–Trinajstić information content (AvgIpc) is 3.41. The molecule has 0 bridgehead atoms. The number of carboxylic acid groups (broad SMARTS) is 1. The van der Waals surface area contributed by atoms with Gasteiger partial charge in [0.15, 0.2) is 0 Å². The van der Waals surface area contributed by atoms with Crippen molar-refractivity contribution in [3.63, 3.8) is 0 Å². The molecule has 0 radical (unpaired) electrons. The van der Waals surface area contributed by atoms with E-state index in [9.17, 15) is 18.0 Å². The Morgan fingerprint density at radius 2 is 1.79 bits per heavy atom. The fraction of sp³-hybridized carbons (Fsp3) is 0.895. The van der Waals surface area contributed by atoms with Gasteiger partial charge in [0.2, 0.25) is 5.91 Å². The largest absolute Gasteiger partial charge is 0.490 e. The van der Waals surface area contributed by atoms with Crippen molar-refractivity contribution in [3.8, 4) is 0 Å². The van der Waals surface area contributed by atoms with Gasteiger partial charge in [-0.25, -0.2) is 4.79 Å². The lowest BCUT2D eigenvalue weighted by molar-refractivity contribution is -0.192. The number of carbonyl (C=O) groups is 2. The Bertz CT molecular complexity index is 564. The molecule has 2 saturated heterocycles. The first-order valence-corrected chi connectivity index (χ1v) is 10.2. The number of fused-ring (bicyclic) bond motifs is 1. The van der Waals surface area contributed by atoms with E-state index in [1.54, 1.807) is 0 Å². The number of hydrogen-bond donors (Lipinski definition) is 2. The van der Waals surface area contributed by atoms with Gasteiger partial charge in [-0.15, -0.1) is 0 Å². The van der Waals surface area contributed by atoms with Gasteiger partial charge in [-0.2, -0.15) is 13.2 Å². The molecule has 2 heterocycles. The number of nitrogens with zero attached hydrogens (tertiary/aromatic N) is 1. The first kappa shape index (κ1) is 21.4. The number of halogens is 3. The first-order chi connectivity index (χ1) is 13.2. The fourth-order valence-corrected chi connectivity index (χ4v) is 4.25.